The Hall–Kier alpha value is -2.89. The van der Waals surface area contributed by atoms with Gasteiger partial charge in [-0.2, -0.15) is 5.10 Å². The number of anilines is 1. The van der Waals surface area contributed by atoms with E-state index in [0.717, 1.165) is 24.3 Å². The van der Waals surface area contributed by atoms with Crippen LogP contribution in [0.5, 0.6) is 5.75 Å². The maximum absolute atomic E-state index is 13.4. The van der Waals surface area contributed by atoms with Crippen LogP contribution in [0.1, 0.15) is 19.4 Å². The summed E-state index contributed by atoms with van der Waals surface area (Å²) in [5.41, 5.74) is 4.36. The predicted octanol–water partition coefficient (Wildman–Crippen LogP) is 3.20. The van der Waals surface area contributed by atoms with E-state index < -0.39 is 11.7 Å². The lowest BCUT2D eigenvalue weighted by atomic mass is 10.2. The molecule has 0 radical (unpaired) electrons. The van der Waals surface area contributed by atoms with Crippen molar-refractivity contribution in [2.24, 2.45) is 5.10 Å². The number of rotatable bonds is 8. The van der Waals surface area contributed by atoms with Crippen LogP contribution in [0.2, 0.25) is 0 Å². The van der Waals surface area contributed by atoms with Gasteiger partial charge in [0.2, 0.25) is 0 Å². The summed E-state index contributed by atoms with van der Waals surface area (Å²) in [5, 5.41) is 3.88. The van der Waals surface area contributed by atoms with E-state index in [0.29, 0.717) is 0 Å². The van der Waals surface area contributed by atoms with Gasteiger partial charge in [-0.05, 0) is 43.7 Å². The fourth-order valence-electron chi connectivity index (χ4n) is 2.28. The summed E-state index contributed by atoms with van der Waals surface area (Å²) in [5.74, 6) is -0.931. The van der Waals surface area contributed by atoms with Crippen LogP contribution in [0.4, 0.5) is 10.1 Å². The third-order valence-corrected chi connectivity index (χ3v) is 3.62. The molecule has 0 unspecified atom stereocenters. The van der Waals surface area contributed by atoms with Gasteiger partial charge in [0.1, 0.15) is 0 Å². The van der Waals surface area contributed by atoms with Crippen LogP contribution in [-0.2, 0) is 4.79 Å². The minimum absolute atomic E-state index is 0.0358. The van der Waals surface area contributed by atoms with E-state index in [1.165, 1.54) is 12.1 Å². The highest BCUT2D eigenvalue weighted by molar-refractivity contribution is 5.83. The molecule has 0 bridgehead atoms. The van der Waals surface area contributed by atoms with Crippen molar-refractivity contribution < 1.29 is 13.9 Å². The van der Waals surface area contributed by atoms with Gasteiger partial charge in [0.05, 0.1) is 6.21 Å². The van der Waals surface area contributed by atoms with Crippen molar-refractivity contribution in [3.05, 3.63) is 59.9 Å². The van der Waals surface area contributed by atoms with Gasteiger partial charge in [-0.1, -0.05) is 24.3 Å². The molecule has 1 amide bonds. The van der Waals surface area contributed by atoms with E-state index in [9.17, 15) is 9.18 Å². The number of hydrogen-bond donors (Lipinski definition) is 1. The van der Waals surface area contributed by atoms with Gasteiger partial charge in [-0.15, -0.1) is 0 Å². The lowest BCUT2D eigenvalue weighted by Gasteiger charge is -2.20. The lowest BCUT2D eigenvalue weighted by Crippen LogP contribution is -2.24. The average molecular weight is 343 g/mol. The van der Waals surface area contributed by atoms with Gasteiger partial charge >= 0.3 is 0 Å². The summed E-state index contributed by atoms with van der Waals surface area (Å²) in [6.07, 6.45) is 1.55. The first-order valence-corrected chi connectivity index (χ1v) is 8.18. The van der Waals surface area contributed by atoms with Crippen LogP contribution in [-0.4, -0.2) is 31.8 Å². The number of ether oxygens (including phenoxy) is 1. The molecule has 25 heavy (non-hydrogen) atoms. The van der Waals surface area contributed by atoms with E-state index >= 15 is 0 Å². The highest BCUT2D eigenvalue weighted by Gasteiger charge is 2.05. The second-order valence-corrected chi connectivity index (χ2v) is 5.28. The molecule has 6 heteroatoms. The Bertz CT molecular complexity index is 713. The molecule has 0 fully saturated rings. The highest BCUT2D eigenvalue weighted by atomic mass is 19.1. The van der Waals surface area contributed by atoms with E-state index in [2.05, 4.69) is 29.3 Å². The Morgan fingerprint density at radius 3 is 2.48 bits per heavy atom. The van der Waals surface area contributed by atoms with Crippen LogP contribution < -0.4 is 15.1 Å². The third kappa shape index (κ3) is 5.60. The second kappa shape index (κ2) is 9.42. The molecule has 0 aromatic heterocycles. The van der Waals surface area contributed by atoms with Crippen molar-refractivity contribution in [3.63, 3.8) is 0 Å². The van der Waals surface area contributed by atoms with E-state index in [1.54, 1.807) is 18.3 Å². The molecule has 0 aliphatic carbocycles. The summed E-state index contributed by atoms with van der Waals surface area (Å²) < 4.78 is 18.5. The first kappa shape index (κ1) is 18.4. The lowest BCUT2D eigenvalue weighted by molar-refractivity contribution is -0.123. The van der Waals surface area contributed by atoms with Crippen LogP contribution >= 0.6 is 0 Å². The standard InChI is InChI=1S/C19H22FN3O2/c1-3-23(4-2)16-11-9-15(10-12-16)13-21-22-19(24)14-25-18-8-6-5-7-17(18)20/h5-13H,3-4,14H2,1-2H3,(H,22,24)/b21-13-. The number of nitrogens with one attached hydrogen (secondary N) is 1. The number of hydrazone groups is 1. The fraction of sp³-hybridized carbons (Fsp3) is 0.263. The molecular weight excluding hydrogens is 321 g/mol. The summed E-state index contributed by atoms with van der Waals surface area (Å²) in [6.45, 7) is 5.80. The summed E-state index contributed by atoms with van der Waals surface area (Å²) in [6, 6.07) is 13.8. The van der Waals surface area contributed by atoms with Crippen molar-refractivity contribution >= 4 is 17.8 Å². The van der Waals surface area contributed by atoms with Crippen molar-refractivity contribution in [1.29, 1.82) is 0 Å². The molecule has 132 valence electrons. The molecule has 2 aromatic carbocycles. The number of benzene rings is 2. The minimum Gasteiger partial charge on any atom is -0.481 e. The fourth-order valence-corrected chi connectivity index (χ4v) is 2.28. The minimum atomic E-state index is -0.507. The Labute approximate surface area is 147 Å². The normalized spacial score (nSPS) is 10.7. The van der Waals surface area contributed by atoms with Crippen LogP contribution in [0.15, 0.2) is 53.6 Å². The Balaban J connectivity index is 1.82. The molecule has 0 atom stereocenters. The number of carbonyl (C=O) groups is 1. The van der Waals surface area contributed by atoms with E-state index in [4.69, 9.17) is 4.74 Å². The van der Waals surface area contributed by atoms with Crippen LogP contribution in [0, 0.1) is 5.82 Å². The molecule has 2 rings (SSSR count). The Kier molecular flexibility index (Phi) is 6.95. The zero-order chi connectivity index (χ0) is 18.1. The van der Waals surface area contributed by atoms with Crippen LogP contribution in [0.3, 0.4) is 0 Å². The van der Waals surface area contributed by atoms with Gasteiger partial charge in [-0.3, -0.25) is 4.79 Å². The molecule has 0 saturated carbocycles. The van der Waals surface area contributed by atoms with E-state index in [1.807, 2.05) is 24.3 Å². The smallest absolute Gasteiger partial charge is 0.277 e. The molecule has 0 saturated heterocycles. The SMILES string of the molecule is CCN(CC)c1ccc(/C=N\NC(=O)COc2ccccc2F)cc1. The number of nitrogens with zero attached hydrogens (tertiary/aromatic N) is 2. The van der Waals surface area contributed by atoms with Crippen molar-refractivity contribution in [2.45, 2.75) is 13.8 Å². The summed E-state index contributed by atoms with van der Waals surface area (Å²) in [4.78, 5) is 13.9. The largest absolute Gasteiger partial charge is 0.481 e. The molecule has 0 heterocycles. The molecule has 0 aliphatic heterocycles. The summed E-state index contributed by atoms with van der Waals surface area (Å²) in [7, 11) is 0. The number of carbonyl (C=O) groups excluding carboxylic acids is 1. The first-order valence-electron chi connectivity index (χ1n) is 8.18. The topological polar surface area (TPSA) is 53.9 Å². The third-order valence-electron chi connectivity index (χ3n) is 3.62. The zero-order valence-corrected chi connectivity index (χ0v) is 14.4. The zero-order valence-electron chi connectivity index (χ0n) is 14.4. The van der Waals surface area contributed by atoms with Crippen LogP contribution in [0.25, 0.3) is 0 Å². The molecule has 0 aliphatic rings. The molecule has 5 nitrogen and oxygen atoms in total. The Morgan fingerprint density at radius 1 is 1.16 bits per heavy atom. The maximum Gasteiger partial charge on any atom is 0.277 e. The van der Waals surface area contributed by atoms with E-state index in [-0.39, 0.29) is 12.4 Å². The monoisotopic (exact) mass is 343 g/mol. The number of amides is 1. The van der Waals surface area contributed by atoms with Gasteiger partial charge in [0.15, 0.2) is 18.2 Å². The molecular formula is C19H22FN3O2. The second-order valence-electron chi connectivity index (χ2n) is 5.28. The predicted molar refractivity (Wildman–Crippen MR) is 97.6 cm³/mol. The van der Waals surface area contributed by atoms with Crippen molar-refractivity contribution in [3.8, 4) is 5.75 Å². The highest BCUT2D eigenvalue weighted by Crippen LogP contribution is 2.15. The molecule has 0 spiro atoms. The number of para-hydroxylation sites is 1. The van der Waals surface area contributed by atoms with Gasteiger partial charge in [0, 0.05) is 18.8 Å². The van der Waals surface area contributed by atoms with Crippen molar-refractivity contribution in [1.82, 2.24) is 5.43 Å². The maximum atomic E-state index is 13.4. The quantitative estimate of drug-likeness (QED) is 0.591. The van der Waals surface area contributed by atoms with Crippen molar-refractivity contribution in [2.75, 3.05) is 24.6 Å². The summed E-state index contributed by atoms with van der Waals surface area (Å²) >= 11 is 0. The first-order chi connectivity index (χ1) is 12.1. The molecule has 1 N–H and O–H groups in total. The molecule has 2 aromatic rings. The number of hydrogen-bond acceptors (Lipinski definition) is 4. The number of halogens is 1. The van der Waals surface area contributed by atoms with Gasteiger partial charge in [0.25, 0.3) is 5.91 Å². The van der Waals surface area contributed by atoms with Gasteiger partial charge in [-0.25, -0.2) is 9.82 Å². The van der Waals surface area contributed by atoms with Gasteiger partial charge < -0.3 is 9.64 Å². The Morgan fingerprint density at radius 2 is 1.84 bits per heavy atom. The average Bonchev–Trinajstić information content (AvgIpc) is 2.63.